The lowest BCUT2D eigenvalue weighted by Gasteiger charge is -2.29. The highest BCUT2D eigenvalue weighted by atomic mass is 16.5. The minimum Gasteiger partial charge on any atom is -0.484 e. The van der Waals surface area contributed by atoms with Crippen molar-refractivity contribution < 1.29 is 14.3 Å². The average molecular weight is 411 g/mol. The van der Waals surface area contributed by atoms with Crippen LogP contribution in [0.3, 0.4) is 0 Å². The molecule has 0 aromatic heterocycles. The summed E-state index contributed by atoms with van der Waals surface area (Å²) in [5.74, 6) is 0.226. The van der Waals surface area contributed by atoms with E-state index in [0.29, 0.717) is 12.3 Å². The van der Waals surface area contributed by atoms with Gasteiger partial charge in [0.1, 0.15) is 11.8 Å². The smallest absolute Gasteiger partial charge is 0.261 e. The maximum Gasteiger partial charge on any atom is 0.261 e. The van der Waals surface area contributed by atoms with Crippen molar-refractivity contribution in [3.05, 3.63) is 65.7 Å². The van der Waals surface area contributed by atoms with Crippen molar-refractivity contribution in [3.63, 3.8) is 0 Å². The summed E-state index contributed by atoms with van der Waals surface area (Å²) in [4.78, 5) is 27.1. The second-order valence-corrected chi connectivity index (χ2v) is 8.91. The van der Waals surface area contributed by atoms with E-state index in [-0.39, 0.29) is 29.9 Å². The lowest BCUT2D eigenvalue weighted by Crippen LogP contribution is -2.50. The Kier molecular flexibility index (Phi) is 8.04. The summed E-state index contributed by atoms with van der Waals surface area (Å²) in [5, 5.41) is 2.88. The van der Waals surface area contributed by atoms with Gasteiger partial charge in [0.05, 0.1) is 0 Å². The lowest BCUT2D eigenvalue weighted by molar-refractivity contribution is -0.142. The molecule has 0 heterocycles. The standard InChI is InChI=1S/C25H34N2O3/c1-18(2)26-24(29)19(3)27(16-20-10-8-7-9-11-20)23(28)17-30-22-14-12-21(13-15-22)25(4,5)6/h7-15,18-19H,16-17H2,1-6H3,(H,26,29)/t19-/m0/s1. The van der Waals surface area contributed by atoms with Crippen molar-refractivity contribution in [1.29, 1.82) is 0 Å². The highest BCUT2D eigenvalue weighted by Gasteiger charge is 2.26. The topological polar surface area (TPSA) is 58.6 Å². The second kappa shape index (κ2) is 10.3. The molecule has 0 unspecified atom stereocenters. The zero-order chi connectivity index (χ0) is 22.3. The quantitative estimate of drug-likeness (QED) is 0.706. The van der Waals surface area contributed by atoms with E-state index < -0.39 is 6.04 Å². The van der Waals surface area contributed by atoms with Gasteiger partial charge in [-0.3, -0.25) is 9.59 Å². The number of amides is 2. The van der Waals surface area contributed by atoms with Crippen LogP contribution in [0.2, 0.25) is 0 Å². The van der Waals surface area contributed by atoms with Crippen molar-refractivity contribution in [1.82, 2.24) is 10.2 Å². The normalized spacial score (nSPS) is 12.4. The summed E-state index contributed by atoms with van der Waals surface area (Å²) in [6, 6.07) is 16.8. The molecule has 0 saturated carbocycles. The Morgan fingerprint density at radius 2 is 1.57 bits per heavy atom. The highest BCUT2D eigenvalue weighted by Crippen LogP contribution is 2.24. The summed E-state index contributed by atoms with van der Waals surface area (Å²) in [6.07, 6.45) is 0. The zero-order valence-corrected chi connectivity index (χ0v) is 18.9. The molecular formula is C25H34N2O3. The summed E-state index contributed by atoms with van der Waals surface area (Å²) in [6.45, 7) is 12.2. The van der Waals surface area contributed by atoms with Crippen molar-refractivity contribution in [3.8, 4) is 5.75 Å². The molecule has 0 bridgehead atoms. The molecule has 162 valence electrons. The fourth-order valence-electron chi connectivity index (χ4n) is 3.05. The number of benzene rings is 2. The van der Waals surface area contributed by atoms with Gasteiger partial charge in [0.25, 0.3) is 5.91 Å². The molecule has 1 atom stereocenters. The van der Waals surface area contributed by atoms with Crippen LogP contribution in [0.4, 0.5) is 0 Å². The van der Waals surface area contributed by atoms with Gasteiger partial charge in [-0.15, -0.1) is 0 Å². The lowest BCUT2D eigenvalue weighted by atomic mass is 9.87. The number of rotatable bonds is 8. The second-order valence-electron chi connectivity index (χ2n) is 8.91. The average Bonchev–Trinajstić information content (AvgIpc) is 2.69. The number of hydrogen-bond acceptors (Lipinski definition) is 3. The molecule has 2 aromatic rings. The third kappa shape index (κ3) is 6.90. The Balaban J connectivity index is 2.10. The number of nitrogens with one attached hydrogen (secondary N) is 1. The van der Waals surface area contributed by atoms with Gasteiger partial charge < -0.3 is 15.0 Å². The fraction of sp³-hybridized carbons (Fsp3) is 0.440. The first kappa shape index (κ1) is 23.5. The Bertz CT molecular complexity index is 824. The largest absolute Gasteiger partial charge is 0.484 e. The minimum absolute atomic E-state index is 0.00575. The molecule has 0 aliphatic rings. The Morgan fingerprint density at radius 1 is 0.967 bits per heavy atom. The molecule has 30 heavy (non-hydrogen) atoms. The summed E-state index contributed by atoms with van der Waals surface area (Å²) < 4.78 is 5.74. The molecule has 2 aromatic carbocycles. The zero-order valence-electron chi connectivity index (χ0n) is 18.9. The van der Waals surface area contributed by atoms with Crippen LogP contribution in [0.25, 0.3) is 0 Å². The molecule has 0 saturated heterocycles. The van der Waals surface area contributed by atoms with Gasteiger partial charge in [0.15, 0.2) is 6.61 Å². The van der Waals surface area contributed by atoms with Gasteiger partial charge in [-0.2, -0.15) is 0 Å². The van der Waals surface area contributed by atoms with E-state index in [1.165, 1.54) is 5.56 Å². The van der Waals surface area contributed by atoms with Crippen LogP contribution in [0, 0.1) is 0 Å². The monoisotopic (exact) mass is 410 g/mol. The van der Waals surface area contributed by atoms with Crippen LogP contribution >= 0.6 is 0 Å². The predicted octanol–water partition coefficient (Wildman–Crippen LogP) is 4.30. The van der Waals surface area contributed by atoms with Crippen LogP contribution < -0.4 is 10.1 Å². The first-order valence-electron chi connectivity index (χ1n) is 10.4. The molecule has 0 aliphatic heterocycles. The number of carbonyl (C=O) groups excluding carboxylic acids is 2. The van der Waals surface area contributed by atoms with Crippen LogP contribution in [0.15, 0.2) is 54.6 Å². The van der Waals surface area contributed by atoms with Crippen molar-refractivity contribution in [2.24, 2.45) is 0 Å². The maximum absolute atomic E-state index is 13.0. The van der Waals surface area contributed by atoms with Crippen LogP contribution in [-0.2, 0) is 21.5 Å². The molecule has 0 aliphatic carbocycles. The number of hydrogen-bond donors (Lipinski definition) is 1. The molecule has 2 rings (SSSR count). The Morgan fingerprint density at radius 3 is 2.10 bits per heavy atom. The van der Waals surface area contributed by atoms with Gasteiger partial charge in [0, 0.05) is 12.6 Å². The van der Waals surface area contributed by atoms with E-state index >= 15 is 0 Å². The number of ether oxygens (including phenoxy) is 1. The van der Waals surface area contributed by atoms with Gasteiger partial charge in [-0.25, -0.2) is 0 Å². The van der Waals surface area contributed by atoms with E-state index in [1.54, 1.807) is 11.8 Å². The van der Waals surface area contributed by atoms with E-state index in [0.717, 1.165) is 5.56 Å². The Hall–Kier alpha value is -2.82. The van der Waals surface area contributed by atoms with Crippen LogP contribution in [0.1, 0.15) is 52.7 Å². The third-order valence-electron chi connectivity index (χ3n) is 4.88. The molecule has 0 fully saturated rings. The maximum atomic E-state index is 13.0. The van der Waals surface area contributed by atoms with Gasteiger partial charge in [-0.1, -0.05) is 63.2 Å². The first-order chi connectivity index (χ1) is 14.1. The van der Waals surface area contributed by atoms with Crippen molar-refractivity contribution in [2.75, 3.05) is 6.61 Å². The molecule has 2 amide bonds. The van der Waals surface area contributed by atoms with E-state index in [1.807, 2.05) is 68.4 Å². The van der Waals surface area contributed by atoms with Crippen molar-refractivity contribution in [2.45, 2.75) is 65.6 Å². The molecular weight excluding hydrogens is 376 g/mol. The van der Waals surface area contributed by atoms with Crippen LogP contribution in [0.5, 0.6) is 5.75 Å². The fourth-order valence-corrected chi connectivity index (χ4v) is 3.05. The van der Waals surface area contributed by atoms with E-state index in [9.17, 15) is 9.59 Å². The van der Waals surface area contributed by atoms with E-state index in [4.69, 9.17) is 4.74 Å². The molecule has 5 nitrogen and oxygen atoms in total. The highest BCUT2D eigenvalue weighted by molar-refractivity contribution is 5.88. The Labute approximate surface area is 180 Å². The van der Waals surface area contributed by atoms with Crippen molar-refractivity contribution >= 4 is 11.8 Å². The first-order valence-corrected chi connectivity index (χ1v) is 10.4. The van der Waals surface area contributed by atoms with Gasteiger partial charge in [0.2, 0.25) is 5.91 Å². The molecule has 5 heteroatoms. The number of carbonyl (C=O) groups is 2. The van der Waals surface area contributed by atoms with Gasteiger partial charge >= 0.3 is 0 Å². The molecule has 1 N–H and O–H groups in total. The molecule has 0 radical (unpaired) electrons. The van der Waals surface area contributed by atoms with Gasteiger partial charge in [-0.05, 0) is 49.4 Å². The van der Waals surface area contributed by atoms with E-state index in [2.05, 4.69) is 26.1 Å². The summed E-state index contributed by atoms with van der Waals surface area (Å²) in [7, 11) is 0. The molecule has 0 spiro atoms. The predicted molar refractivity (Wildman–Crippen MR) is 120 cm³/mol. The third-order valence-corrected chi connectivity index (χ3v) is 4.88. The summed E-state index contributed by atoms with van der Waals surface area (Å²) >= 11 is 0. The summed E-state index contributed by atoms with van der Waals surface area (Å²) in [5.41, 5.74) is 2.22. The van der Waals surface area contributed by atoms with Crippen LogP contribution in [-0.4, -0.2) is 35.4 Å². The minimum atomic E-state index is -0.605. The SMILES string of the molecule is CC(C)NC(=O)[C@H](C)N(Cc1ccccc1)C(=O)COc1ccc(C(C)(C)C)cc1. The number of nitrogens with zero attached hydrogens (tertiary/aromatic N) is 1.